The van der Waals surface area contributed by atoms with E-state index in [9.17, 15) is 0 Å². The van der Waals surface area contributed by atoms with Crippen LogP contribution in [0, 0.1) is 0 Å². The Kier molecular flexibility index (Phi) is 4.14. The summed E-state index contributed by atoms with van der Waals surface area (Å²) in [5.74, 6) is 2.34. The van der Waals surface area contributed by atoms with Crippen molar-refractivity contribution in [3.05, 3.63) is 59.9 Å². The van der Waals surface area contributed by atoms with E-state index in [1.54, 1.807) is 12.4 Å². The number of hydrogen-bond donors (Lipinski definition) is 0. The maximum Gasteiger partial charge on any atom is 0.162 e. The summed E-state index contributed by atoms with van der Waals surface area (Å²) in [6.07, 6.45) is 7.88. The Balaban J connectivity index is 1.34. The second-order valence-electron chi connectivity index (χ2n) is 6.73. The van der Waals surface area contributed by atoms with E-state index in [0.717, 1.165) is 48.8 Å². The lowest BCUT2D eigenvalue weighted by Crippen LogP contribution is -2.31. The highest BCUT2D eigenvalue weighted by Gasteiger charge is 2.20. The third-order valence-corrected chi connectivity index (χ3v) is 4.86. The zero-order valence-electron chi connectivity index (χ0n) is 14.8. The predicted molar refractivity (Wildman–Crippen MR) is 98.3 cm³/mol. The Labute approximate surface area is 157 Å². The van der Waals surface area contributed by atoms with Gasteiger partial charge < -0.3 is 9.47 Å². The molecule has 2 aliphatic rings. The van der Waals surface area contributed by atoms with Gasteiger partial charge in [-0.05, 0) is 29.7 Å². The van der Waals surface area contributed by atoms with Crippen molar-refractivity contribution in [2.45, 2.75) is 19.5 Å². The smallest absolute Gasteiger partial charge is 0.162 e. The van der Waals surface area contributed by atoms with Crippen LogP contribution in [0.4, 0.5) is 0 Å². The second kappa shape index (κ2) is 6.92. The molecule has 2 aliphatic heterocycles. The summed E-state index contributed by atoms with van der Waals surface area (Å²) in [7, 11) is 0. The summed E-state index contributed by atoms with van der Waals surface area (Å²) in [6.45, 7) is 3.86. The van der Waals surface area contributed by atoms with Crippen LogP contribution in [0.1, 0.15) is 16.8 Å². The Morgan fingerprint density at radius 1 is 1.00 bits per heavy atom. The zero-order valence-corrected chi connectivity index (χ0v) is 14.8. The van der Waals surface area contributed by atoms with Gasteiger partial charge in [-0.25, -0.2) is 19.9 Å². The number of nitrogens with zero attached hydrogens (tertiary/aromatic N) is 5. The first-order chi connectivity index (χ1) is 13.3. The topological polar surface area (TPSA) is 73.3 Å². The molecule has 0 saturated carbocycles. The third-order valence-electron chi connectivity index (χ3n) is 4.86. The molecule has 0 N–H and O–H groups in total. The van der Waals surface area contributed by atoms with Crippen molar-refractivity contribution in [1.29, 1.82) is 0 Å². The molecule has 0 unspecified atom stereocenters. The van der Waals surface area contributed by atoms with Crippen LogP contribution in [-0.4, -0.2) is 44.6 Å². The van der Waals surface area contributed by atoms with Gasteiger partial charge in [-0.15, -0.1) is 0 Å². The standard InChI is InChI=1S/C20H19N5O2/c1-2-18-19(27-6-5-26-18)7-14(1)11-25-4-3-15-10-23-20(24-17(15)12-25)16-8-21-13-22-9-16/h1-2,7-10,13H,3-6,11-12H2. The second-order valence-corrected chi connectivity index (χ2v) is 6.73. The van der Waals surface area contributed by atoms with E-state index >= 15 is 0 Å². The van der Waals surface area contributed by atoms with Gasteiger partial charge in [0.15, 0.2) is 17.3 Å². The number of rotatable bonds is 3. The molecule has 3 aromatic rings. The highest BCUT2D eigenvalue weighted by atomic mass is 16.6. The normalized spacial score (nSPS) is 16.0. The number of fused-ring (bicyclic) bond motifs is 2. The molecule has 0 amide bonds. The van der Waals surface area contributed by atoms with Crippen molar-refractivity contribution < 1.29 is 9.47 Å². The van der Waals surface area contributed by atoms with Gasteiger partial charge in [0.1, 0.15) is 19.5 Å². The van der Waals surface area contributed by atoms with Crippen molar-refractivity contribution in [3.8, 4) is 22.9 Å². The number of aromatic nitrogens is 4. The minimum absolute atomic E-state index is 0.608. The molecule has 1 aromatic carbocycles. The summed E-state index contributed by atoms with van der Waals surface area (Å²) in [6, 6.07) is 6.18. The van der Waals surface area contributed by atoms with Crippen LogP contribution in [0.5, 0.6) is 11.5 Å². The summed E-state index contributed by atoms with van der Waals surface area (Å²) in [5.41, 5.74) is 4.35. The van der Waals surface area contributed by atoms with Gasteiger partial charge in [0.2, 0.25) is 0 Å². The quantitative estimate of drug-likeness (QED) is 0.708. The fourth-order valence-corrected chi connectivity index (χ4v) is 3.49. The highest BCUT2D eigenvalue weighted by Crippen LogP contribution is 2.31. The maximum absolute atomic E-state index is 5.70. The van der Waals surface area contributed by atoms with E-state index in [0.29, 0.717) is 19.0 Å². The first kappa shape index (κ1) is 16.1. The van der Waals surface area contributed by atoms with Gasteiger partial charge in [0.25, 0.3) is 0 Å². The molecule has 0 bridgehead atoms. The Morgan fingerprint density at radius 2 is 1.85 bits per heavy atom. The first-order valence-corrected chi connectivity index (χ1v) is 9.06. The van der Waals surface area contributed by atoms with Crippen molar-refractivity contribution >= 4 is 0 Å². The predicted octanol–water partition coefficient (Wildman–Crippen LogP) is 2.26. The molecular weight excluding hydrogens is 342 g/mol. The Hall–Kier alpha value is -3.06. The molecule has 5 rings (SSSR count). The molecular formula is C20H19N5O2. The number of hydrogen-bond acceptors (Lipinski definition) is 7. The summed E-state index contributed by atoms with van der Waals surface area (Å²) < 4.78 is 11.3. The average molecular weight is 361 g/mol. The van der Waals surface area contributed by atoms with Crippen molar-refractivity contribution in [2.24, 2.45) is 0 Å². The average Bonchev–Trinajstić information content (AvgIpc) is 2.74. The van der Waals surface area contributed by atoms with E-state index in [-0.39, 0.29) is 0 Å². The molecule has 0 radical (unpaired) electrons. The summed E-state index contributed by atoms with van der Waals surface area (Å²) in [5, 5.41) is 0. The fraction of sp³-hybridized carbons (Fsp3) is 0.300. The highest BCUT2D eigenvalue weighted by molar-refractivity contribution is 5.52. The monoisotopic (exact) mass is 361 g/mol. The SMILES string of the molecule is c1ncc(-c2ncc3c(n2)CN(Cc2ccc4c(c2)OCCO4)CC3)cn1. The van der Waals surface area contributed by atoms with Crippen molar-refractivity contribution in [2.75, 3.05) is 19.8 Å². The summed E-state index contributed by atoms with van der Waals surface area (Å²) >= 11 is 0. The van der Waals surface area contributed by atoms with Gasteiger partial charge in [0.05, 0.1) is 11.3 Å². The van der Waals surface area contributed by atoms with Crippen LogP contribution < -0.4 is 9.47 Å². The third kappa shape index (κ3) is 3.33. The molecule has 136 valence electrons. The molecule has 7 heteroatoms. The van der Waals surface area contributed by atoms with E-state index in [2.05, 4.69) is 32.0 Å². The summed E-state index contributed by atoms with van der Waals surface area (Å²) in [4.78, 5) is 19.8. The van der Waals surface area contributed by atoms with Crippen molar-refractivity contribution in [1.82, 2.24) is 24.8 Å². The molecule has 2 aromatic heterocycles. The van der Waals surface area contributed by atoms with Crippen LogP contribution in [0.3, 0.4) is 0 Å². The molecule has 0 fully saturated rings. The van der Waals surface area contributed by atoms with Crippen molar-refractivity contribution in [3.63, 3.8) is 0 Å². The van der Waals surface area contributed by atoms with Gasteiger partial charge >= 0.3 is 0 Å². The van der Waals surface area contributed by atoms with Crippen LogP contribution in [0.25, 0.3) is 11.4 Å². The Morgan fingerprint density at radius 3 is 2.74 bits per heavy atom. The molecule has 0 atom stereocenters. The Bertz CT molecular complexity index is 964. The largest absolute Gasteiger partial charge is 0.486 e. The fourth-order valence-electron chi connectivity index (χ4n) is 3.49. The molecule has 0 saturated heterocycles. The van der Waals surface area contributed by atoms with Crippen LogP contribution in [0.2, 0.25) is 0 Å². The minimum atomic E-state index is 0.608. The zero-order chi connectivity index (χ0) is 18.1. The molecule has 0 spiro atoms. The number of benzene rings is 1. The van der Waals surface area contributed by atoms with E-state index in [4.69, 9.17) is 14.5 Å². The first-order valence-electron chi connectivity index (χ1n) is 9.06. The van der Waals surface area contributed by atoms with Crippen LogP contribution in [-0.2, 0) is 19.5 Å². The lowest BCUT2D eigenvalue weighted by Gasteiger charge is -2.28. The maximum atomic E-state index is 5.70. The van der Waals surface area contributed by atoms with Gasteiger partial charge in [0, 0.05) is 38.2 Å². The van der Waals surface area contributed by atoms with E-state index in [1.165, 1.54) is 17.5 Å². The van der Waals surface area contributed by atoms with Gasteiger partial charge in [-0.1, -0.05) is 6.07 Å². The molecule has 27 heavy (non-hydrogen) atoms. The lowest BCUT2D eigenvalue weighted by atomic mass is 10.1. The van der Waals surface area contributed by atoms with Gasteiger partial charge in [-0.3, -0.25) is 4.90 Å². The molecule has 7 nitrogen and oxygen atoms in total. The van der Waals surface area contributed by atoms with E-state index in [1.807, 2.05) is 12.3 Å². The number of ether oxygens (including phenoxy) is 2. The van der Waals surface area contributed by atoms with Gasteiger partial charge in [-0.2, -0.15) is 0 Å². The minimum Gasteiger partial charge on any atom is -0.486 e. The van der Waals surface area contributed by atoms with E-state index < -0.39 is 0 Å². The van der Waals surface area contributed by atoms with Crippen LogP contribution in [0.15, 0.2) is 43.1 Å². The molecule has 4 heterocycles. The lowest BCUT2D eigenvalue weighted by molar-refractivity contribution is 0.171. The molecule has 0 aliphatic carbocycles. The van der Waals surface area contributed by atoms with Crippen LogP contribution >= 0.6 is 0 Å².